The molecule has 1 amide bonds. The average Bonchev–Trinajstić information content (AvgIpc) is 2.52. The molecule has 0 unspecified atom stereocenters. The SMILES string of the molecule is Cc1c(Cl)cccc1NC(=O)c1cnc(NCCN(C)C)nc1. The molecular formula is C16H20ClN5O. The Bertz CT molecular complexity index is 673. The fourth-order valence-electron chi connectivity index (χ4n) is 1.87. The first-order valence-corrected chi connectivity index (χ1v) is 7.62. The summed E-state index contributed by atoms with van der Waals surface area (Å²) < 4.78 is 0. The molecule has 2 N–H and O–H groups in total. The molecule has 2 aromatic rings. The molecule has 1 aromatic heterocycles. The van der Waals surface area contributed by atoms with Crippen LogP contribution in [0.4, 0.5) is 11.6 Å². The van der Waals surface area contributed by atoms with Gasteiger partial charge >= 0.3 is 0 Å². The third-order valence-electron chi connectivity index (χ3n) is 3.27. The molecule has 7 heteroatoms. The van der Waals surface area contributed by atoms with Gasteiger partial charge in [-0.05, 0) is 38.7 Å². The van der Waals surface area contributed by atoms with E-state index in [0.717, 1.165) is 18.7 Å². The smallest absolute Gasteiger partial charge is 0.258 e. The summed E-state index contributed by atoms with van der Waals surface area (Å²) in [5, 5.41) is 6.52. The van der Waals surface area contributed by atoms with Gasteiger partial charge in [0.05, 0.1) is 5.56 Å². The number of rotatable bonds is 6. The molecule has 0 spiro atoms. The van der Waals surface area contributed by atoms with Crippen LogP contribution in [0, 0.1) is 6.92 Å². The van der Waals surface area contributed by atoms with E-state index in [1.807, 2.05) is 21.0 Å². The molecule has 0 aliphatic heterocycles. The number of amides is 1. The van der Waals surface area contributed by atoms with E-state index in [2.05, 4.69) is 25.5 Å². The summed E-state index contributed by atoms with van der Waals surface area (Å²) >= 11 is 6.05. The number of nitrogens with zero attached hydrogens (tertiary/aromatic N) is 3. The number of benzene rings is 1. The fraction of sp³-hybridized carbons (Fsp3) is 0.312. The summed E-state index contributed by atoms with van der Waals surface area (Å²) in [5.74, 6) is 0.234. The molecule has 23 heavy (non-hydrogen) atoms. The van der Waals surface area contributed by atoms with Crippen LogP contribution in [0.1, 0.15) is 15.9 Å². The number of anilines is 2. The zero-order valence-electron chi connectivity index (χ0n) is 13.4. The van der Waals surface area contributed by atoms with Crippen LogP contribution in [0.3, 0.4) is 0 Å². The first kappa shape index (κ1) is 17.2. The van der Waals surface area contributed by atoms with Gasteiger partial charge in [0.15, 0.2) is 0 Å². The van der Waals surface area contributed by atoms with Crippen LogP contribution in [0.2, 0.25) is 5.02 Å². The minimum absolute atomic E-state index is 0.268. The van der Waals surface area contributed by atoms with Gasteiger partial charge in [-0.15, -0.1) is 0 Å². The molecule has 0 radical (unpaired) electrons. The highest BCUT2D eigenvalue weighted by atomic mass is 35.5. The van der Waals surface area contributed by atoms with Crippen LogP contribution in [0.25, 0.3) is 0 Å². The number of carbonyl (C=O) groups is 1. The van der Waals surface area contributed by atoms with Crippen molar-refractivity contribution in [2.75, 3.05) is 37.8 Å². The zero-order valence-corrected chi connectivity index (χ0v) is 14.2. The second kappa shape index (κ2) is 7.89. The van der Waals surface area contributed by atoms with Crippen molar-refractivity contribution in [2.45, 2.75) is 6.92 Å². The van der Waals surface area contributed by atoms with E-state index in [1.54, 1.807) is 18.2 Å². The van der Waals surface area contributed by atoms with E-state index < -0.39 is 0 Å². The number of aromatic nitrogens is 2. The maximum atomic E-state index is 12.2. The van der Waals surface area contributed by atoms with Crippen molar-refractivity contribution < 1.29 is 4.79 Å². The molecule has 122 valence electrons. The number of carbonyl (C=O) groups excluding carboxylic acids is 1. The molecule has 0 aliphatic rings. The van der Waals surface area contributed by atoms with Crippen molar-refractivity contribution in [1.29, 1.82) is 0 Å². The van der Waals surface area contributed by atoms with Crippen LogP contribution in [0.15, 0.2) is 30.6 Å². The summed E-state index contributed by atoms with van der Waals surface area (Å²) in [6.07, 6.45) is 3.00. The summed E-state index contributed by atoms with van der Waals surface area (Å²) in [5.41, 5.74) is 1.89. The fourth-order valence-corrected chi connectivity index (χ4v) is 2.04. The second-order valence-electron chi connectivity index (χ2n) is 5.39. The highest BCUT2D eigenvalue weighted by Gasteiger charge is 2.10. The van der Waals surface area contributed by atoms with Crippen LogP contribution in [-0.4, -0.2) is 48.0 Å². The van der Waals surface area contributed by atoms with E-state index in [4.69, 9.17) is 11.6 Å². The lowest BCUT2D eigenvalue weighted by atomic mass is 10.2. The summed E-state index contributed by atoms with van der Waals surface area (Å²) in [6.45, 7) is 3.46. The van der Waals surface area contributed by atoms with Crippen molar-refractivity contribution in [3.05, 3.63) is 46.7 Å². The van der Waals surface area contributed by atoms with Crippen molar-refractivity contribution in [3.8, 4) is 0 Å². The summed E-state index contributed by atoms with van der Waals surface area (Å²) in [6, 6.07) is 5.38. The monoisotopic (exact) mass is 333 g/mol. The van der Waals surface area contributed by atoms with Gasteiger partial charge in [0.25, 0.3) is 5.91 Å². The Labute approximate surface area is 140 Å². The first-order chi connectivity index (χ1) is 11.0. The quantitative estimate of drug-likeness (QED) is 0.850. The lowest BCUT2D eigenvalue weighted by Gasteiger charge is -2.11. The van der Waals surface area contributed by atoms with Gasteiger partial charge in [0, 0.05) is 36.2 Å². The molecule has 0 atom stereocenters. The van der Waals surface area contributed by atoms with Crippen molar-refractivity contribution >= 4 is 29.1 Å². The van der Waals surface area contributed by atoms with Gasteiger partial charge in [-0.3, -0.25) is 4.79 Å². The van der Waals surface area contributed by atoms with E-state index in [9.17, 15) is 4.79 Å². The largest absolute Gasteiger partial charge is 0.353 e. The lowest BCUT2D eigenvalue weighted by molar-refractivity contribution is 0.102. The van der Waals surface area contributed by atoms with Crippen LogP contribution < -0.4 is 10.6 Å². The summed E-state index contributed by atoms with van der Waals surface area (Å²) in [4.78, 5) is 22.6. The Morgan fingerprint density at radius 2 is 1.96 bits per heavy atom. The highest BCUT2D eigenvalue weighted by Crippen LogP contribution is 2.23. The standard InChI is InChI=1S/C16H20ClN5O/c1-11-13(17)5-4-6-14(11)21-15(23)12-9-19-16(20-10-12)18-7-8-22(2)3/h4-6,9-10H,7-8H2,1-3H3,(H,21,23)(H,18,19,20). The molecule has 0 bridgehead atoms. The van der Waals surface area contributed by atoms with Crippen molar-refractivity contribution in [2.24, 2.45) is 0 Å². The Morgan fingerprint density at radius 3 is 2.61 bits per heavy atom. The van der Waals surface area contributed by atoms with Gasteiger partial charge < -0.3 is 15.5 Å². The Kier molecular flexibility index (Phi) is 5.90. The number of hydrogen-bond acceptors (Lipinski definition) is 5. The van der Waals surface area contributed by atoms with E-state index in [1.165, 1.54) is 12.4 Å². The molecule has 0 saturated carbocycles. The van der Waals surface area contributed by atoms with Gasteiger partial charge in [0.1, 0.15) is 0 Å². The molecule has 0 fully saturated rings. The molecule has 6 nitrogen and oxygen atoms in total. The maximum Gasteiger partial charge on any atom is 0.258 e. The molecule has 2 rings (SSSR count). The minimum atomic E-state index is -0.268. The number of hydrogen-bond donors (Lipinski definition) is 2. The number of nitrogens with one attached hydrogen (secondary N) is 2. The van der Waals surface area contributed by atoms with E-state index >= 15 is 0 Å². The molecule has 0 aliphatic carbocycles. The average molecular weight is 334 g/mol. The van der Waals surface area contributed by atoms with Gasteiger partial charge in [-0.1, -0.05) is 17.7 Å². The number of likely N-dealkylation sites (N-methyl/N-ethyl adjacent to an activating group) is 1. The van der Waals surface area contributed by atoms with Gasteiger partial charge in [-0.2, -0.15) is 0 Å². The molecule has 0 saturated heterocycles. The lowest BCUT2D eigenvalue weighted by Crippen LogP contribution is -2.21. The summed E-state index contributed by atoms with van der Waals surface area (Å²) in [7, 11) is 3.99. The predicted octanol–water partition coefficient (Wildman–Crippen LogP) is 2.66. The van der Waals surface area contributed by atoms with Crippen LogP contribution in [-0.2, 0) is 0 Å². The van der Waals surface area contributed by atoms with Crippen molar-refractivity contribution in [1.82, 2.24) is 14.9 Å². The van der Waals surface area contributed by atoms with Gasteiger partial charge in [0.2, 0.25) is 5.95 Å². The third-order valence-corrected chi connectivity index (χ3v) is 3.68. The topological polar surface area (TPSA) is 70.2 Å². The minimum Gasteiger partial charge on any atom is -0.353 e. The molecule has 1 heterocycles. The van der Waals surface area contributed by atoms with Gasteiger partial charge in [-0.25, -0.2) is 9.97 Å². The Hall–Kier alpha value is -2.18. The van der Waals surface area contributed by atoms with Crippen LogP contribution in [0.5, 0.6) is 0 Å². The first-order valence-electron chi connectivity index (χ1n) is 7.24. The third kappa shape index (κ3) is 4.91. The predicted molar refractivity (Wildman–Crippen MR) is 93.2 cm³/mol. The molecule has 1 aromatic carbocycles. The zero-order chi connectivity index (χ0) is 16.8. The second-order valence-corrected chi connectivity index (χ2v) is 5.80. The highest BCUT2D eigenvalue weighted by molar-refractivity contribution is 6.31. The Balaban J connectivity index is 1.98. The molecular weight excluding hydrogens is 314 g/mol. The van der Waals surface area contributed by atoms with E-state index in [0.29, 0.717) is 22.2 Å². The normalized spacial score (nSPS) is 10.7. The maximum absolute atomic E-state index is 12.2. The van der Waals surface area contributed by atoms with Crippen molar-refractivity contribution in [3.63, 3.8) is 0 Å². The van der Waals surface area contributed by atoms with Crippen LogP contribution >= 0.6 is 11.6 Å². The van der Waals surface area contributed by atoms with E-state index in [-0.39, 0.29) is 5.91 Å². The number of halogens is 1. The Morgan fingerprint density at radius 1 is 1.26 bits per heavy atom.